The van der Waals surface area contributed by atoms with Crippen LogP contribution in [-0.2, 0) is 14.8 Å². The van der Waals surface area contributed by atoms with Crippen LogP contribution in [0.25, 0.3) is 0 Å². The number of hydrogen-bond donors (Lipinski definition) is 2. The van der Waals surface area contributed by atoms with E-state index in [1.165, 1.54) is 7.11 Å². The number of ether oxygens (including phenoxy) is 2. The van der Waals surface area contributed by atoms with Gasteiger partial charge in [-0.1, -0.05) is 37.3 Å². The van der Waals surface area contributed by atoms with Crippen molar-refractivity contribution < 1.29 is 22.7 Å². The highest BCUT2D eigenvalue weighted by molar-refractivity contribution is 7.91. The average Bonchev–Trinajstić information content (AvgIpc) is 3.09. The third-order valence-corrected chi connectivity index (χ3v) is 6.10. The molecule has 0 saturated heterocycles. The smallest absolute Gasteiger partial charge is 0.270 e. The maximum atomic E-state index is 12.4. The van der Waals surface area contributed by atoms with Crippen LogP contribution < -0.4 is 19.5 Å². The number of nitrogens with zero attached hydrogens (tertiary/aromatic N) is 2. The minimum absolute atomic E-state index is 0.0926. The molecular weight excluding hydrogens is 392 g/mol. The predicted octanol–water partition coefficient (Wildman–Crippen LogP) is 1.89. The van der Waals surface area contributed by atoms with Crippen LogP contribution in [0.3, 0.4) is 0 Å². The molecule has 0 aliphatic heterocycles. The SMILES string of the molecule is COc1ccccc1OCC(C)NS(=O)(=O)c1nnc(NC(=O)C(C)C)s1. The molecule has 0 fully saturated rings. The van der Waals surface area contributed by atoms with Gasteiger partial charge in [-0.05, 0) is 19.1 Å². The van der Waals surface area contributed by atoms with Crippen LogP contribution >= 0.6 is 11.3 Å². The number of amides is 1. The normalized spacial score (nSPS) is 12.6. The summed E-state index contributed by atoms with van der Waals surface area (Å²) in [5, 5.41) is 9.99. The number of aromatic nitrogens is 2. The van der Waals surface area contributed by atoms with Crippen LogP contribution in [0.15, 0.2) is 28.6 Å². The van der Waals surface area contributed by atoms with Crippen molar-refractivity contribution in [3.8, 4) is 11.5 Å². The van der Waals surface area contributed by atoms with Gasteiger partial charge in [0, 0.05) is 5.92 Å². The Bertz CT molecular complexity index is 882. The Labute approximate surface area is 162 Å². The Kier molecular flexibility index (Phi) is 7.11. The first kappa shape index (κ1) is 21.1. The molecule has 2 N–H and O–H groups in total. The second-order valence-corrected chi connectivity index (χ2v) is 8.87. The molecule has 1 amide bonds. The minimum atomic E-state index is -3.88. The maximum Gasteiger partial charge on any atom is 0.270 e. The highest BCUT2D eigenvalue weighted by Gasteiger charge is 2.23. The van der Waals surface area contributed by atoms with E-state index in [-0.39, 0.29) is 27.9 Å². The second-order valence-electron chi connectivity index (χ2n) is 6.00. The Hall–Kier alpha value is -2.24. The Morgan fingerprint density at radius 3 is 2.48 bits per heavy atom. The average molecular weight is 415 g/mol. The summed E-state index contributed by atoms with van der Waals surface area (Å²) in [7, 11) is -2.36. The molecule has 0 aliphatic carbocycles. The first-order valence-corrected chi connectivity index (χ1v) is 10.5. The summed E-state index contributed by atoms with van der Waals surface area (Å²) in [5.74, 6) is 0.559. The number of carbonyl (C=O) groups excluding carboxylic acids is 1. The Balaban J connectivity index is 1.97. The number of benzene rings is 1. The molecule has 1 heterocycles. The number of anilines is 1. The molecule has 1 unspecified atom stereocenters. The topological polar surface area (TPSA) is 120 Å². The molecule has 148 valence electrons. The summed E-state index contributed by atoms with van der Waals surface area (Å²) >= 11 is 0.783. The van der Waals surface area contributed by atoms with E-state index in [0.717, 1.165) is 11.3 Å². The molecule has 11 heteroatoms. The van der Waals surface area contributed by atoms with Gasteiger partial charge in [0.25, 0.3) is 10.0 Å². The molecule has 2 rings (SSSR count). The lowest BCUT2D eigenvalue weighted by molar-refractivity contribution is -0.118. The third-order valence-electron chi connectivity index (χ3n) is 3.31. The van der Waals surface area contributed by atoms with Gasteiger partial charge < -0.3 is 14.8 Å². The van der Waals surface area contributed by atoms with E-state index in [1.807, 2.05) is 6.07 Å². The molecule has 0 bridgehead atoms. The van der Waals surface area contributed by atoms with E-state index in [2.05, 4.69) is 20.2 Å². The van der Waals surface area contributed by atoms with Crippen molar-refractivity contribution in [2.24, 2.45) is 5.92 Å². The molecule has 27 heavy (non-hydrogen) atoms. The first-order chi connectivity index (χ1) is 12.7. The summed E-state index contributed by atoms with van der Waals surface area (Å²) < 4.78 is 37.9. The molecule has 1 atom stereocenters. The van der Waals surface area contributed by atoms with Crippen LogP contribution in [0, 0.1) is 5.92 Å². The monoisotopic (exact) mass is 414 g/mol. The van der Waals surface area contributed by atoms with Gasteiger partial charge in [-0.2, -0.15) is 0 Å². The van der Waals surface area contributed by atoms with Crippen LogP contribution in [0.2, 0.25) is 0 Å². The molecule has 0 saturated carbocycles. The van der Waals surface area contributed by atoms with E-state index in [1.54, 1.807) is 39.0 Å². The van der Waals surface area contributed by atoms with Gasteiger partial charge in [-0.3, -0.25) is 4.79 Å². The molecule has 0 spiro atoms. The molecule has 0 radical (unpaired) electrons. The highest BCUT2D eigenvalue weighted by atomic mass is 32.2. The number of rotatable bonds is 9. The predicted molar refractivity (Wildman–Crippen MR) is 102 cm³/mol. The van der Waals surface area contributed by atoms with Crippen molar-refractivity contribution >= 4 is 32.4 Å². The van der Waals surface area contributed by atoms with Gasteiger partial charge in [-0.15, -0.1) is 10.2 Å². The van der Waals surface area contributed by atoms with Crippen molar-refractivity contribution in [1.82, 2.24) is 14.9 Å². The summed E-state index contributed by atoms with van der Waals surface area (Å²) in [6.07, 6.45) is 0. The van der Waals surface area contributed by atoms with Gasteiger partial charge in [0.1, 0.15) is 6.61 Å². The number of carbonyl (C=O) groups is 1. The third kappa shape index (κ3) is 5.88. The van der Waals surface area contributed by atoms with E-state index in [4.69, 9.17) is 9.47 Å². The van der Waals surface area contributed by atoms with Crippen molar-refractivity contribution in [2.75, 3.05) is 19.0 Å². The van der Waals surface area contributed by atoms with Gasteiger partial charge in [0.15, 0.2) is 11.5 Å². The molecule has 0 aliphatic rings. The number of para-hydroxylation sites is 2. The van der Waals surface area contributed by atoms with E-state index in [0.29, 0.717) is 11.5 Å². The van der Waals surface area contributed by atoms with Crippen LogP contribution in [0.5, 0.6) is 11.5 Å². The van der Waals surface area contributed by atoms with Gasteiger partial charge in [0.05, 0.1) is 13.2 Å². The van der Waals surface area contributed by atoms with Crippen molar-refractivity contribution in [3.05, 3.63) is 24.3 Å². The standard InChI is InChI=1S/C16H22N4O5S2/c1-10(2)14(21)17-15-18-19-16(26-15)27(22,23)20-11(3)9-25-13-8-6-5-7-12(13)24-4/h5-8,10-11,20H,9H2,1-4H3,(H,17,18,21). The minimum Gasteiger partial charge on any atom is -0.493 e. The summed E-state index contributed by atoms with van der Waals surface area (Å²) in [5.41, 5.74) is 0. The quantitative estimate of drug-likeness (QED) is 0.601. The lowest BCUT2D eigenvalue weighted by Gasteiger charge is -2.15. The van der Waals surface area contributed by atoms with E-state index < -0.39 is 16.1 Å². The van der Waals surface area contributed by atoms with Crippen LogP contribution in [0.4, 0.5) is 5.13 Å². The zero-order chi connectivity index (χ0) is 20.0. The van der Waals surface area contributed by atoms with Crippen molar-refractivity contribution in [1.29, 1.82) is 0 Å². The maximum absolute atomic E-state index is 12.4. The van der Waals surface area contributed by atoms with E-state index in [9.17, 15) is 13.2 Å². The Morgan fingerprint density at radius 2 is 1.85 bits per heavy atom. The molecule has 2 aromatic rings. The second kappa shape index (κ2) is 9.11. The lowest BCUT2D eigenvalue weighted by atomic mass is 10.2. The number of methoxy groups -OCH3 is 1. The number of sulfonamides is 1. The zero-order valence-electron chi connectivity index (χ0n) is 15.4. The number of nitrogens with one attached hydrogen (secondary N) is 2. The zero-order valence-corrected chi connectivity index (χ0v) is 17.1. The fourth-order valence-corrected chi connectivity index (χ4v) is 4.07. The van der Waals surface area contributed by atoms with Gasteiger partial charge >= 0.3 is 0 Å². The highest BCUT2D eigenvalue weighted by Crippen LogP contribution is 2.26. The molecule has 9 nitrogen and oxygen atoms in total. The fraction of sp³-hybridized carbons (Fsp3) is 0.438. The summed E-state index contributed by atoms with van der Waals surface area (Å²) in [4.78, 5) is 11.7. The molecular formula is C16H22N4O5S2. The largest absolute Gasteiger partial charge is 0.493 e. The van der Waals surface area contributed by atoms with Crippen molar-refractivity contribution in [3.63, 3.8) is 0 Å². The number of hydrogen-bond acceptors (Lipinski definition) is 8. The lowest BCUT2D eigenvalue weighted by Crippen LogP contribution is -2.36. The van der Waals surface area contributed by atoms with E-state index >= 15 is 0 Å². The molecule has 1 aromatic carbocycles. The summed E-state index contributed by atoms with van der Waals surface area (Å²) in [6.45, 7) is 5.20. The van der Waals surface area contributed by atoms with Gasteiger partial charge in [0.2, 0.25) is 15.4 Å². The van der Waals surface area contributed by atoms with Gasteiger partial charge in [-0.25, -0.2) is 13.1 Å². The van der Waals surface area contributed by atoms with Crippen LogP contribution in [-0.4, -0.2) is 44.3 Å². The molecule has 1 aromatic heterocycles. The summed E-state index contributed by atoms with van der Waals surface area (Å²) in [6, 6.07) is 6.55. The van der Waals surface area contributed by atoms with Crippen molar-refractivity contribution in [2.45, 2.75) is 31.2 Å². The Morgan fingerprint density at radius 1 is 1.19 bits per heavy atom. The van der Waals surface area contributed by atoms with Crippen LogP contribution in [0.1, 0.15) is 20.8 Å². The fourth-order valence-electron chi connectivity index (χ4n) is 1.92. The first-order valence-electron chi connectivity index (χ1n) is 8.15.